The molecule has 2 heterocycles. The Balaban J connectivity index is 1.44. The molecule has 0 aromatic heterocycles. The molecule has 2 amide bonds. The number of likely N-dealkylation sites (tertiary alicyclic amines) is 1. The molecule has 0 aliphatic carbocycles. The van der Waals surface area contributed by atoms with Crippen LogP contribution in [0.1, 0.15) is 38.2 Å². The van der Waals surface area contributed by atoms with Crippen molar-refractivity contribution in [1.82, 2.24) is 14.7 Å². The fourth-order valence-corrected chi connectivity index (χ4v) is 3.93. The Morgan fingerprint density at radius 1 is 1.08 bits per heavy atom. The lowest BCUT2D eigenvalue weighted by Crippen LogP contribution is -2.50. The molecule has 3 rings (SSSR count). The number of hydrogen-bond acceptors (Lipinski definition) is 3. The van der Waals surface area contributed by atoms with Crippen LogP contribution in [-0.2, 0) is 16.1 Å². The van der Waals surface area contributed by atoms with E-state index < -0.39 is 0 Å². The van der Waals surface area contributed by atoms with Crippen LogP contribution in [0.15, 0.2) is 30.3 Å². The maximum Gasteiger partial charge on any atom is 0.228 e. The first-order valence-corrected chi connectivity index (χ1v) is 10.00. The first-order valence-electron chi connectivity index (χ1n) is 10.00. The van der Waals surface area contributed by atoms with E-state index in [4.69, 9.17) is 0 Å². The molecule has 1 atom stereocenters. The molecule has 1 aromatic carbocycles. The summed E-state index contributed by atoms with van der Waals surface area (Å²) >= 11 is 0. The van der Waals surface area contributed by atoms with Crippen molar-refractivity contribution in [2.24, 2.45) is 5.92 Å². The van der Waals surface area contributed by atoms with Gasteiger partial charge in [0.25, 0.3) is 0 Å². The number of benzene rings is 1. The van der Waals surface area contributed by atoms with E-state index in [-0.39, 0.29) is 17.7 Å². The molecule has 1 aromatic rings. The van der Waals surface area contributed by atoms with Crippen LogP contribution in [0, 0.1) is 5.92 Å². The molecule has 0 spiro atoms. The van der Waals surface area contributed by atoms with Crippen LogP contribution >= 0.6 is 0 Å². The molecule has 2 fully saturated rings. The topological polar surface area (TPSA) is 43.9 Å². The van der Waals surface area contributed by atoms with E-state index in [1.165, 1.54) is 5.56 Å². The van der Waals surface area contributed by atoms with Crippen molar-refractivity contribution in [2.75, 3.05) is 39.3 Å². The molecule has 0 bridgehead atoms. The second kappa shape index (κ2) is 9.17. The molecule has 2 aliphatic rings. The molecule has 2 aliphatic heterocycles. The van der Waals surface area contributed by atoms with Crippen molar-refractivity contribution in [3.05, 3.63) is 35.9 Å². The van der Waals surface area contributed by atoms with E-state index in [1.807, 2.05) is 15.9 Å². The minimum Gasteiger partial charge on any atom is -0.342 e. The van der Waals surface area contributed by atoms with Crippen LogP contribution in [0.4, 0.5) is 0 Å². The fraction of sp³-hybridized carbons (Fsp3) is 0.619. The summed E-state index contributed by atoms with van der Waals surface area (Å²) in [7, 11) is 0. The van der Waals surface area contributed by atoms with Crippen LogP contribution in [-0.4, -0.2) is 65.8 Å². The highest BCUT2D eigenvalue weighted by molar-refractivity contribution is 5.89. The summed E-state index contributed by atoms with van der Waals surface area (Å²) in [5.41, 5.74) is 1.32. The van der Waals surface area contributed by atoms with Gasteiger partial charge in [-0.15, -0.1) is 0 Å². The van der Waals surface area contributed by atoms with Crippen molar-refractivity contribution in [3.8, 4) is 0 Å². The van der Waals surface area contributed by atoms with E-state index in [9.17, 15) is 9.59 Å². The van der Waals surface area contributed by atoms with Crippen molar-refractivity contribution in [1.29, 1.82) is 0 Å². The molecular weight excluding hydrogens is 326 g/mol. The lowest BCUT2D eigenvalue weighted by atomic mass is 10.1. The van der Waals surface area contributed by atoms with Gasteiger partial charge in [0.1, 0.15) is 0 Å². The average Bonchev–Trinajstić information content (AvgIpc) is 3.04. The number of carbonyl (C=O) groups is 2. The van der Waals surface area contributed by atoms with Crippen molar-refractivity contribution in [2.45, 2.75) is 39.2 Å². The third kappa shape index (κ3) is 4.85. The SMILES string of the molecule is CCCCCN1CC(C(=O)N2CCN(Cc3ccccc3)CC2)CC1=O. The Morgan fingerprint density at radius 2 is 1.81 bits per heavy atom. The van der Waals surface area contributed by atoms with Gasteiger partial charge in [0.2, 0.25) is 11.8 Å². The minimum atomic E-state index is -0.134. The zero-order valence-corrected chi connectivity index (χ0v) is 15.9. The Labute approximate surface area is 156 Å². The van der Waals surface area contributed by atoms with Crippen molar-refractivity contribution in [3.63, 3.8) is 0 Å². The van der Waals surface area contributed by atoms with Crippen LogP contribution in [0.2, 0.25) is 0 Å². The fourth-order valence-electron chi connectivity index (χ4n) is 3.93. The number of nitrogens with zero attached hydrogens (tertiary/aromatic N) is 3. The van der Waals surface area contributed by atoms with Gasteiger partial charge < -0.3 is 9.80 Å². The highest BCUT2D eigenvalue weighted by Gasteiger charge is 2.36. The summed E-state index contributed by atoms with van der Waals surface area (Å²) in [5, 5.41) is 0. The van der Waals surface area contributed by atoms with Gasteiger partial charge in [-0.3, -0.25) is 14.5 Å². The number of carbonyl (C=O) groups excluding carboxylic acids is 2. The quantitative estimate of drug-likeness (QED) is 0.704. The second-order valence-corrected chi connectivity index (χ2v) is 7.53. The zero-order valence-electron chi connectivity index (χ0n) is 15.9. The standard InChI is InChI=1S/C21H31N3O2/c1-2-3-7-10-24-17-19(15-20(24)25)21(26)23-13-11-22(12-14-23)16-18-8-5-4-6-9-18/h4-6,8-9,19H,2-3,7,10-17H2,1H3. The summed E-state index contributed by atoms with van der Waals surface area (Å²) in [6.45, 7) is 7.87. The number of unbranched alkanes of at least 4 members (excludes halogenated alkanes) is 2. The molecule has 2 saturated heterocycles. The zero-order chi connectivity index (χ0) is 18.4. The molecule has 1 unspecified atom stereocenters. The van der Waals surface area contributed by atoms with Crippen LogP contribution < -0.4 is 0 Å². The number of hydrogen-bond donors (Lipinski definition) is 0. The molecular formula is C21H31N3O2. The minimum absolute atomic E-state index is 0.134. The largest absolute Gasteiger partial charge is 0.342 e. The van der Waals surface area contributed by atoms with Gasteiger partial charge in [-0.25, -0.2) is 0 Å². The van der Waals surface area contributed by atoms with Crippen LogP contribution in [0.5, 0.6) is 0 Å². The molecule has 0 radical (unpaired) electrons. The number of amides is 2. The normalized spacial score (nSPS) is 21.4. The lowest BCUT2D eigenvalue weighted by Gasteiger charge is -2.36. The summed E-state index contributed by atoms with van der Waals surface area (Å²) in [6.07, 6.45) is 3.74. The van der Waals surface area contributed by atoms with E-state index in [0.29, 0.717) is 13.0 Å². The highest BCUT2D eigenvalue weighted by Crippen LogP contribution is 2.22. The van der Waals surface area contributed by atoms with Gasteiger partial charge in [-0.05, 0) is 12.0 Å². The smallest absolute Gasteiger partial charge is 0.228 e. The Hall–Kier alpha value is -1.88. The van der Waals surface area contributed by atoms with Gasteiger partial charge >= 0.3 is 0 Å². The highest BCUT2D eigenvalue weighted by atomic mass is 16.2. The van der Waals surface area contributed by atoms with Gasteiger partial charge in [-0.2, -0.15) is 0 Å². The van der Waals surface area contributed by atoms with Crippen molar-refractivity contribution < 1.29 is 9.59 Å². The summed E-state index contributed by atoms with van der Waals surface area (Å²) in [4.78, 5) is 31.2. The van der Waals surface area contributed by atoms with Crippen LogP contribution in [0.25, 0.3) is 0 Å². The van der Waals surface area contributed by atoms with Gasteiger partial charge in [0.15, 0.2) is 0 Å². The Kier molecular flexibility index (Phi) is 6.67. The summed E-state index contributed by atoms with van der Waals surface area (Å²) < 4.78 is 0. The van der Waals surface area contributed by atoms with E-state index in [0.717, 1.165) is 58.5 Å². The van der Waals surface area contributed by atoms with E-state index >= 15 is 0 Å². The van der Waals surface area contributed by atoms with Gasteiger partial charge in [-0.1, -0.05) is 50.1 Å². The Morgan fingerprint density at radius 3 is 2.50 bits per heavy atom. The monoisotopic (exact) mass is 357 g/mol. The average molecular weight is 357 g/mol. The van der Waals surface area contributed by atoms with Crippen LogP contribution in [0.3, 0.4) is 0 Å². The molecule has 0 saturated carbocycles. The summed E-state index contributed by atoms with van der Waals surface area (Å²) in [5.74, 6) is 0.197. The first-order chi connectivity index (χ1) is 12.7. The third-order valence-electron chi connectivity index (χ3n) is 5.53. The Bertz CT molecular complexity index is 597. The maximum absolute atomic E-state index is 12.8. The first kappa shape index (κ1) is 18.9. The van der Waals surface area contributed by atoms with E-state index in [1.54, 1.807) is 0 Å². The second-order valence-electron chi connectivity index (χ2n) is 7.53. The maximum atomic E-state index is 12.8. The molecule has 142 valence electrons. The lowest BCUT2D eigenvalue weighted by molar-refractivity contribution is -0.137. The molecule has 5 heteroatoms. The predicted molar refractivity (Wildman–Crippen MR) is 103 cm³/mol. The molecule has 26 heavy (non-hydrogen) atoms. The van der Waals surface area contributed by atoms with Gasteiger partial charge in [0, 0.05) is 52.2 Å². The predicted octanol–water partition coefficient (Wildman–Crippen LogP) is 2.37. The van der Waals surface area contributed by atoms with E-state index in [2.05, 4.69) is 36.1 Å². The van der Waals surface area contributed by atoms with Crippen molar-refractivity contribution >= 4 is 11.8 Å². The summed E-state index contributed by atoms with van der Waals surface area (Å²) in [6, 6.07) is 10.5. The van der Waals surface area contributed by atoms with Gasteiger partial charge in [0.05, 0.1) is 5.92 Å². The molecule has 0 N–H and O–H groups in total. The third-order valence-corrected chi connectivity index (χ3v) is 5.53. The number of rotatable bonds is 7. The molecule has 5 nitrogen and oxygen atoms in total. The number of piperazine rings is 1.